The molecule has 3 nitrogen and oxygen atoms in total. The Morgan fingerprint density at radius 1 is 1.00 bits per heavy atom. The van der Waals surface area contributed by atoms with Crippen molar-refractivity contribution in [2.75, 3.05) is 0 Å². The standard InChI is InChI=1S/C12H10N2O.C10H13.ClH.Os/c15-12(11-8-4-5-9-13-11)14-10-6-2-1-3-7-10;1-8(2)10-6-4-9(3)5-7-10;;/h1-9H,(H,14,15);4,6-8H,1-3H3;1H;/q;-1;;+2/p-2. The zero-order valence-electron chi connectivity index (χ0n) is 15.5. The first kappa shape index (κ1) is 25.0. The molecule has 3 rings (SSSR count). The van der Waals surface area contributed by atoms with Gasteiger partial charge in [0.2, 0.25) is 0 Å². The van der Waals surface area contributed by atoms with Gasteiger partial charge in [0.1, 0.15) is 0 Å². The molecule has 3 aromatic rings. The average Bonchev–Trinajstić information content (AvgIpc) is 2.64. The molecule has 5 heteroatoms. The number of hydrogen-bond donors (Lipinski definition) is 0. The van der Waals surface area contributed by atoms with Crippen LogP contribution in [0.2, 0.25) is 0 Å². The molecule has 0 N–H and O–H groups in total. The topological polar surface area (TPSA) is 48.3 Å². The van der Waals surface area contributed by atoms with Crippen LogP contribution >= 0.6 is 0 Å². The van der Waals surface area contributed by atoms with Crippen LogP contribution < -0.4 is 17.5 Å². The minimum Gasteiger partial charge on any atom is -1.00 e. The second-order valence-corrected chi connectivity index (χ2v) is 5.93. The van der Waals surface area contributed by atoms with Gasteiger partial charge < -0.3 is 17.5 Å². The number of benzene rings is 2. The Bertz CT molecular complexity index is 792. The van der Waals surface area contributed by atoms with Crippen LogP contribution in [-0.2, 0) is 19.8 Å². The van der Waals surface area contributed by atoms with Gasteiger partial charge in [-0.15, -0.1) is 0 Å². The number of pyridine rings is 1. The van der Waals surface area contributed by atoms with E-state index in [1.165, 1.54) is 11.1 Å². The molecule has 0 aliphatic rings. The van der Waals surface area contributed by atoms with E-state index < -0.39 is 0 Å². The maximum atomic E-state index is 11.6. The molecule has 0 amide bonds. The first-order valence-electron chi connectivity index (χ1n) is 8.26. The SMILES string of the molecule is Cc1[c-]cc(C(C)C)cc1.[Cl-].[O-]C(=Nc1ccccc1)c1ccccn1.[Os+2]. The molecule has 0 unspecified atom stereocenters. The minimum absolute atomic E-state index is 0. The van der Waals surface area contributed by atoms with Gasteiger partial charge in [0.25, 0.3) is 0 Å². The van der Waals surface area contributed by atoms with Gasteiger partial charge in [0.05, 0.1) is 11.4 Å². The van der Waals surface area contributed by atoms with E-state index in [4.69, 9.17) is 0 Å². The third-order valence-corrected chi connectivity index (χ3v) is 3.53. The van der Waals surface area contributed by atoms with Crippen molar-refractivity contribution in [2.45, 2.75) is 26.7 Å². The fourth-order valence-corrected chi connectivity index (χ4v) is 2.04. The molecular weight excluding hydrogens is 534 g/mol. The van der Waals surface area contributed by atoms with Crippen molar-refractivity contribution in [2.24, 2.45) is 4.99 Å². The smallest absolute Gasteiger partial charge is 1.00 e. The van der Waals surface area contributed by atoms with E-state index in [2.05, 4.69) is 55.0 Å². The van der Waals surface area contributed by atoms with Crippen LogP contribution in [-0.4, -0.2) is 10.9 Å². The van der Waals surface area contributed by atoms with Gasteiger partial charge in [-0.25, -0.2) is 0 Å². The molecule has 0 bridgehead atoms. The number of aryl methyl sites for hydroxylation is 1. The summed E-state index contributed by atoms with van der Waals surface area (Å²) in [5.41, 5.74) is 3.59. The van der Waals surface area contributed by atoms with Crippen LogP contribution in [0.1, 0.15) is 36.6 Å². The normalized spacial score (nSPS) is 10.1. The summed E-state index contributed by atoms with van der Waals surface area (Å²) in [7, 11) is 0. The van der Waals surface area contributed by atoms with Crippen LogP contribution in [0, 0.1) is 13.0 Å². The van der Waals surface area contributed by atoms with Crippen molar-refractivity contribution >= 4 is 11.6 Å². The fraction of sp³-hybridized carbons (Fsp3) is 0.182. The Hall–Kier alpha value is -2.01. The van der Waals surface area contributed by atoms with E-state index >= 15 is 0 Å². The summed E-state index contributed by atoms with van der Waals surface area (Å²) in [6.45, 7) is 6.45. The second-order valence-electron chi connectivity index (χ2n) is 5.93. The molecule has 0 atom stereocenters. The molecule has 1 heterocycles. The molecule has 1 aromatic heterocycles. The first-order valence-corrected chi connectivity index (χ1v) is 8.26. The molecule has 0 fully saturated rings. The number of hydrogen-bond acceptors (Lipinski definition) is 3. The number of halogens is 1. The van der Waals surface area contributed by atoms with Gasteiger partial charge in [-0.2, -0.15) is 35.4 Å². The summed E-state index contributed by atoms with van der Waals surface area (Å²) in [5, 5.41) is 11.6. The van der Waals surface area contributed by atoms with Crippen LogP contribution in [0.3, 0.4) is 0 Å². The van der Waals surface area contributed by atoms with Crippen molar-refractivity contribution in [1.82, 2.24) is 4.98 Å². The second kappa shape index (κ2) is 13.2. The molecule has 0 saturated carbocycles. The number of aliphatic imine (C=N–C) groups is 1. The predicted octanol–water partition coefficient (Wildman–Crippen LogP) is 1.44. The van der Waals surface area contributed by atoms with Gasteiger partial charge in [-0.1, -0.05) is 51.0 Å². The Morgan fingerprint density at radius 2 is 1.67 bits per heavy atom. The Balaban J connectivity index is 0.000000500. The molecule has 0 saturated heterocycles. The molecular formula is C22H22ClN2OOs-. The van der Waals surface area contributed by atoms with Gasteiger partial charge in [0, 0.05) is 12.1 Å². The predicted molar refractivity (Wildman–Crippen MR) is 101 cm³/mol. The molecule has 0 radical (unpaired) electrons. The van der Waals surface area contributed by atoms with Gasteiger partial charge in [-0.3, -0.25) is 9.98 Å². The zero-order chi connectivity index (χ0) is 18.1. The molecule has 0 aliphatic heterocycles. The zero-order valence-corrected chi connectivity index (χ0v) is 18.8. The molecule has 142 valence electrons. The fourth-order valence-electron chi connectivity index (χ4n) is 2.04. The van der Waals surface area contributed by atoms with E-state index in [0.717, 1.165) is 0 Å². The molecule has 27 heavy (non-hydrogen) atoms. The minimum atomic E-state index is -0.318. The first-order chi connectivity index (χ1) is 12.1. The number of aromatic nitrogens is 1. The molecule has 0 spiro atoms. The Labute approximate surface area is 181 Å². The summed E-state index contributed by atoms with van der Waals surface area (Å²) in [6, 6.07) is 23.8. The largest absolute Gasteiger partial charge is 2.00 e. The van der Waals surface area contributed by atoms with Gasteiger partial charge in [-0.05, 0) is 24.3 Å². The Morgan fingerprint density at radius 3 is 2.19 bits per heavy atom. The van der Waals surface area contributed by atoms with E-state index in [1.807, 2.05) is 18.2 Å². The van der Waals surface area contributed by atoms with Crippen LogP contribution in [0.15, 0.2) is 77.9 Å². The quantitative estimate of drug-likeness (QED) is 0.279. The third kappa shape index (κ3) is 8.95. The molecule has 2 aromatic carbocycles. The maximum Gasteiger partial charge on any atom is 2.00 e. The van der Waals surface area contributed by atoms with Gasteiger partial charge >= 0.3 is 19.8 Å². The summed E-state index contributed by atoms with van der Waals surface area (Å²) in [6.07, 6.45) is 1.58. The summed E-state index contributed by atoms with van der Waals surface area (Å²) in [4.78, 5) is 7.86. The maximum absolute atomic E-state index is 11.6. The summed E-state index contributed by atoms with van der Waals surface area (Å²) in [5.74, 6) is 0.304. The van der Waals surface area contributed by atoms with E-state index in [0.29, 0.717) is 17.3 Å². The summed E-state index contributed by atoms with van der Waals surface area (Å²) < 4.78 is 0. The van der Waals surface area contributed by atoms with Crippen molar-refractivity contribution < 1.29 is 37.3 Å². The van der Waals surface area contributed by atoms with Crippen molar-refractivity contribution in [1.29, 1.82) is 0 Å². The molecule has 0 aliphatic carbocycles. The average molecular weight is 556 g/mol. The number of nitrogens with zero attached hydrogens (tertiary/aromatic N) is 2. The number of rotatable bonds is 3. The van der Waals surface area contributed by atoms with Crippen LogP contribution in [0.4, 0.5) is 5.69 Å². The van der Waals surface area contributed by atoms with Crippen molar-refractivity contribution in [3.05, 3.63) is 95.8 Å². The van der Waals surface area contributed by atoms with Crippen molar-refractivity contribution in [3.63, 3.8) is 0 Å². The third-order valence-electron chi connectivity index (χ3n) is 3.53. The van der Waals surface area contributed by atoms with E-state index in [9.17, 15) is 5.11 Å². The Kier molecular flexibility index (Phi) is 12.2. The van der Waals surface area contributed by atoms with E-state index in [-0.39, 0.29) is 38.1 Å². The monoisotopic (exact) mass is 557 g/mol. The van der Waals surface area contributed by atoms with Crippen LogP contribution in [0.5, 0.6) is 0 Å². The van der Waals surface area contributed by atoms with Gasteiger partial charge in [0.15, 0.2) is 0 Å². The van der Waals surface area contributed by atoms with Crippen molar-refractivity contribution in [3.8, 4) is 0 Å². The van der Waals surface area contributed by atoms with Crippen LogP contribution in [0.25, 0.3) is 0 Å². The summed E-state index contributed by atoms with van der Waals surface area (Å²) >= 11 is 0. The van der Waals surface area contributed by atoms with E-state index in [1.54, 1.807) is 36.5 Å². The number of para-hydroxylation sites is 1.